The number of anilines is 1. The van der Waals surface area contributed by atoms with E-state index < -0.39 is 0 Å². The molecule has 2 aliphatic rings. The normalized spacial score (nSPS) is 25.8. The van der Waals surface area contributed by atoms with Gasteiger partial charge in [0.15, 0.2) is 0 Å². The number of amides is 1. The molecule has 1 aromatic carbocycles. The molecule has 1 heterocycles. The molecule has 86 valence electrons. The minimum atomic E-state index is -0.0730. The predicted octanol–water partition coefficient (Wildman–Crippen LogP) is 3.60. The van der Waals surface area contributed by atoms with E-state index in [2.05, 4.69) is 27.3 Å². The summed E-state index contributed by atoms with van der Waals surface area (Å²) in [7, 11) is 0. The lowest BCUT2D eigenvalue weighted by atomic mass is 9.99. The molecule has 0 bridgehead atoms. The third-order valence-corrected chi connectivity index (χ3v) is 4.68. The minimum absolute atomic E-state index is 0.0694. The molecule has 1 aliphatic carbocycles. The van der Waals surface area contributed by atoms with Crippen LogP contribution < -0.4 is 5.32 Å². The van der Waals surface area contributed by atoms with Gasteiger partial charge < -0.3 is 5.32 Å². The highest BCUT2D eigenvalue weighted by Crippen LogP contribution is 2.40. The molecule has 0 aromatic heterocycles. The van der Waals surface area contributed by atoms with Gasteiger partial charge in [-0.3, -0.25) is 4.79 Å². The highest BCUT2D eigenvalue weighted by atomic mass is 79.9. The summed E-state index contributed by atoms with van der Waals surface area (Å²) in [6, 6.07) is 5.99. The molecule has 1 N–H and O–H groups in total. The number of fused-ring (bicyclic) bond motifs is 2. The summed E-state index contributed by atoms with van der Waals surface area (Å²) in [5.41, 5.74) is 0.894. The van der Waals surface area contributed by atoms with Gasteiger partial charge >= 0.3 is 0 Å². The van der Waals surface area contributed by atoms with E-state index >= 15 is 0 Å². The lowest BCUT2D eigenvalue weighted by molar-refractivity contribution is -0.118. The van der Waals surface area contributed by atoms with Crippen LogP contribution >= 0.6 is 27.7 Å². The number of nitrogens with one attached hydrogen (secondary N) is 1. The molecule has 17 heavy (non-hydrogen) atoms. The van der Waals surface area contributed by atoms with Crippen LogP contribution in [0.3, 0.4) is 0 Å². The van der Waals surface area contributed by atoms with E-state index in [1.54, 1.807) is 11.8 Å². The monoisotopic (exact) mass is 307 g/mol. The zero-order valence-electron chi connectivity index (χ0n) is 8.89. The van der Waals surface area contributed by atoms with Gasteiger partial charge in [-0.2, -0.15) is 0 Å². The fourth-order valence-electron chi connectivity index (χ4n) is 2.00. The highest BCUT2D eigenvalue weighted by molar-refractivity contribution is 9.10. The van der Waals surface area contributed by atoms with Gasteiger partial charge in [-0.15, -0.1) is 11.8 Å². The predicted molar refractivity (Wildman–Crippen MR) is 74.2 cm³/mol. The molecular formula is C13H10BrNOS. The Balaban J connectivity index is 2.04. The van der Waals surface area contributed by atoms with E-state index in [1.165, 1.54) is 0 Å². The van der Waals surface area contributed by atoms with Crippen molar-refractivity contribution in [1.29, 1.82) is 0 Å². The van der Waals surface area contributed by atoms with E-state index in [0.29, 0.717) is 0 Å². The van der Waals surface area contributed by atoms with Crippen LogP contribution in [-0.2, 0) is 4.79 Å². The summed E-state index contributed by atoms with van der Waals surface area (Å²) in [6.07, 6.45) is 8.00. The Kier molecular flexibility index (Phi) is 2.84. The molecule has 1 aromatic rings. The summed E-state index contributed by atoms with van der Waals surface area (Å²) in [4.78, 5) is 13.2. The number of benzene rings is 1. The number of carbonyl (C=O) groups excluding carboxylic acids is 1. The van der Waals surface area contributed by atoms with E-state index in [-0.39, 0.29) is 17.1 Å². The highest BCUT2D eigenvalue weighted by Gasteiger charge is 2.30. The molecule has 2 atom stereocenters. The summed E-state index contributed by atoms with van der Waals surface area (Å²) in [5.74, 6) is -0.00359. The van der Waals surface area contributed by atoms with Crippen LogP contribution in [0.1, 0.15) is 0 Å². The first-order valence-electron chi connectivity index (χ1n) is 5.36. The molecule has 1 aliphatic heterocycles. The lowest BCUT2D eigenvalue weighted by Gasteiger charge is -2.18. The van der Waals surface area contributed by atoms with Crippen LogP contribution in [0, 0.1) is 5.92 Å². The van der Waals surface area contributed by atoms with Gasteiger partial charge in [-0.05, 0) is 18.2 Å². The SMILES string of the molecule is O=C1Nc2cc(Br)ccc2SC2C=CC=CC12. The molecule has 0 spiro atoms. The fourth-order valence-corrected chi connectivity index (χ4v) is 3.57. The fraction of sp³-hybridized carbons (Fsp3) is 0.154. The maximum Gasteiger partial charge on any atom is 0.232 e. The maximum atomic E-state index is 12.1. The van der Waals surface area contributed by atoms with Gasteiger partial charge in [0.2, 0.25) is 5.91 Å². The second-order valence-corrected chi connectivity index (χ2v) is 6.14. The average Bonchev–Trinajstić information content (AvgIpc) is 2.46. The molecule has 2 unspecified atom stereocenters. The van der Waals surface area contributed by atoms with Crippen molar-refractivity contribution in [3.63, 3.8) is 0 Å². The average molecular weight is 308 g/mol. The Morgan fingerprint density at radius 1 is 1.24 bits per heavy atom. The van der Waals surface area contributed by atoms with Crippen LogP contribution in [-0.4, -0.2) is 11.2 Å². The Bertz CT molecular complexity index is 538. The molecule has 1 amide bonds. The van der Waals surface area contributed by atoms with Crippen molar-refractivity contribution in [1.82, 2.24) is 0 Å². The zero-order chi connectivity index (χ0) is 11.8. The number of allylic oxidation sites excluding steroid dienone is 2. The van der Waals surface area contributed by atoms with E-state index in [4.69, 9.17) is 0 Å². The van der Waals surface area contributed by atoms with Crippen LogP contribution in [0.25, 0.3) is 0 Å². The molecule has 0 fully saturated rings. The van der Waals surface area contributed by atoms with Gasteiger partial charge in [0, 0.05) is 14.6 Å². The summed E-state index contributed by atoms with van der Waals surface area (Å²) in [5, 5.41) is 3.18. The Hall–Kier alpha value is -1.00. The maximum absolute atomic E-state index is 12.1. The van der Waals surface area contributed by atoms with Gasteiger partial charge in [0.05, 0.1) is 11.6 Å². The molecule has 2 nitrogen and oxygen atoms in total. The Morgan fingerprint density at radius 3 is 2.94 bits per heavy atom. The molecule has 0 radical (unpaired) electrons. The van der Waals surface area contributed by atoms with Gasteiger partial charge in [-0.25, -0.2) is 0 Å². The smallest absolute Gasteiger partial charge is 0.232 e. The van der Waals surface area contributed by atoms with Crippen LogP contribution in [0.4, 0.5) is 5.69 Å². The topological polar surface area (TPSA) is 29.1 Å². The number of halogens is 1. The van der Waals surface area contributed by atoms with Crippen molar-refractivity contribution >= 4 is 39.3 Å². The van der Waals surface area contributed by atoms with Crippen LogP contribution in [0.15, 0.2) is 51.9 Å². The molecular weight excluding hydrogens is 298 g/mol. The number of carbonyl (C=O) groups is 1. The quantitative estimate of drug-likeness (QED) is 0.793. The van der Waals surface area contributed by atoms with Gasteiger partial charge in [-0.1, -0.05) is 40.2 Å². The second-order valence-electron chi connectivity index (χ2n) is 4.01. The number of rotatable bonds is 0. The molecule has 4 heteroatoms. The number of thioether (sulfide) groups is 1. The summed E-state index contributed by atoms with van der Waals surface area (Å²) >= 11 is 5.16. The first-order valence-corrected chi connectivity index (χ1v) is 7.03. The lowest BCUT2D eigenvalue weighted by Crippen LogP contribution is -2.27. The van der Waals surface area contributed by atoms with Crippen LogP contribution in [0.5, 0.6) is 0 Å². The van der Waals surface area contributed by atoms with Crippen molar-refractivity contribution in [2.75, 3.05) is 5.32 Å². The third kappa shape index (κ3) is 2.07. The largest absolute Gasteiger partial charge is 0.324 e. The molecule has 0 saturated carbocycles. The van der Waals surface area contributed by atoms with Crippen molar-refractivity contribution in [3.8, 4) is 0 Å². The van der Waals surface area contributed by atoms with Crippen molar-refractivity contribution in [3.05, 3.63) is 47.0 Å². The van der Waals surface area contributed by atoms with E-state index in [0.717, 1.165) is 15.1 Å². The minimum Gasteiger partial charge on any atom is -0.324 e. The van der Waals surface area contributed by atoms with Gasteiger partial charge in [0.1, 0.15) is 0 Å². The van der Waals surface area contributed by atoms with E-state index in [1.807, 2.05) is 36.4 Å². The molecule has 0 saturated heterocycles. The Labute approximate surface area is 112 Å². The van der Waals surface area contributed by atoms with Crippen molar-refractivity contribution < 1.29 is 4.79 Å². The summed E-state index contributed by atoms with van der Waals surface area (Å²) in [6.45, 7) is 0. The first kappa shape index (κ1) is 11.1. The van der Waals surface area contributed by atoms with Crippen molar-refractivity contribution in [2.24, 2.45) is 5.92 Å². The second kappa shape index (κ2) is 4.35. The molecule has 3 rings (SSSR count). The number of hydrogen-bond donors (Lipinski definition) is 1. The standard InChI is InChI=1S/C13H10BrNOS/c14-8-5-6-12-10(7-8)15-13(16)9-3-1-2-4-11(9)17-12/h1-7,9,11H,(H,15,16). The number of hydrogen-bond acceptors (Lipinski definition) is 2. The Morgan fingerprint density at radius 2 is 2.06 bits per heavy atom. The summed E-state index contributed by atoms with van der Waals surface area (Å²) < 4.78 is 0.980. The zero-order valence-corrected chi connectivity index (χ0v) is 11.3. The van der Waals surface area contributed by atoms with Gasteiger partial charge in [0.25, 0.3) is 0 Å². The third-order valence-electron chi connectivity index (χ3n) is 2.85. The first-order chi connectivity index (χ1) is 8.24. The van der Waals surface area contributed by atoms with E-state index in [9.17, 15) is 4.79 Å². The van der Waals surface area contributed by atoms with Crippen molar-refractivity contribution in [2.45, 2.75) is 10.1 Å². The van der Waals surface area contributed by atoms with Crippen LogP contribution in [0.2, 0.25) is 0 Å².